The number of hydrogen-bond acceptors (Lipinski definition) is 5. The van der Waals surface area contributed by atoms with E-state index in [9.17, 15) is 9.59 Å². The molecule has 0 bridgehead atoms. The summed E-state index contributed by atoms with van der Waals surface area (Å²) in [5.41, 5.74) is 3.67. The van der Waals surface area contributed by atoms with Crippen molar-refractivity contribution in [3.05, 3.63) is 58.6 Å². The van der Waals surface area contributed by atoms with E-state index in [-0.39, 0.29) is 11.8 Å². The highest BCUT2D eigenvalue weighted by atomic mass is 35.5. The van der Waals surface area contributed by atoms with Gasteiger partial charge in [0, 0.05) is 10.6 Å². The zero-order valence-corrected chi connectivity index (χ0v) is 19.6. The number of methoxy groups -OCH3 is 1. The Labute approximate surface area is 194 Å². The molecule has 0 saturated carbocycles. The van der Waals surface area contributed by atoms with Crippen molar-refractivity contribution >= 4 is 29.6 Å². The molecule has 0 aliphatic carbocycles. The first-order valence-corrected chi connectivity index (χ1v) is 10.9. The monoisotopic (exact) mass is 459 g/mol. The highest BCUT2D eigenvalue weighted by molar-refractivity contribution is 6.30. The molecular weight excluding hydrogens is 430 g/mol. The van der Waals surface area contributed by atoms with E-state index in [1.165, 1.54) is 6.21 Å². The Bertz CT molecular complexity index is 929. The van der Waals surface area contributed by atoms with Crippen molar-refractivity contribution in [2.45, 2.75) is 39.7 Å². The molecule has 2 aromatic rings. The van der Waals surface area contributed by atoms with Gasteiger partial charge in [0.2, 0.25) is 0 Å². The third-order valence-electron chi connectivity index (χ3n) is 4.47. The average molecular weight is 460 g/mol. The molecule has 0 aliphatic heterocycles. The second-order valence-corrected chi connectivity index (χ2v) is 8.09. The van der Waals surface area contributed by atoms with Gasteiger partial charge in [0.25, 0.3) is 11.8 Å². The van der Waals surface area contributed by atoms with Gasteiger partial charge in [-0.25, -0.2) is 5.43 Å². The van der Waals surface area contributed by atoms with Gasteiger partial charge >= 0.3 is 0 Å². The molecule has 0 radical (unpaired) electrons. The molecule has 0 saturated heterocycles. The van der Waals surface area contributed by atoms with Gasteiger partial charge in [-0.3, -0.25) is 9.59 Å². The van der Waals surface area contributed by atoms with E-state index in [1.54, 1.807) is 43.5 Å². The number of benzene rings is 2. The summed E-state index contributed by atoms with van der Waals surface area (Å²) in [6.45, 7) is 6.58. The number of nitrogens with zero attached hydrogens (tertiary/aromatic N) is 1. The number of carbonyl (C=O) groups excluding carboxylic acids is 2. The number of hydrogen-bond donors (Lipinski definition) is 2. The zero-order valence-electron chi connectivity index (χ0n) is 18.9. The highest BCUT2D eigenvalue weighted by Crippen LogP contribution is 2.27. The van der Waals surface area contributed by atoms with E-state index < -0.39 is 11.9 Å². The first kappa shape index (κ1) is 25.2. The second-order valence-electron chi connectivity index (χ2n) is 7.66. The molecule has 2 amide bonds. The van der Waals surface area contributed by atoms with Gasteiger partial charge in [-0.2, -0.15) is 5.10 Å². The number of amides is 2. The van der Waals surface area contributed by atoms with Crippen molar-refractivity contribution in [2.24, 2.45) is 11.0 Å². The standard InChI is InChI=1S/C24H30ClN3O4/c1-5-12-32-21-11-6-17(14-22(21)31-4)15-26-28-24(30)20(13-16(2)3)27-23(29)18-7-9-19(25)10-8-18/h6-11,14-16,20H,5,12-13H2,1-4H3,(H,27,29)(H,28,30)/b26-15+. The molecule has 172 valence electrons. The highest BCUT2D eigenvalue weighted by Gasteiger charge is 2.22. The summed E-state index contributed by atoms with van der Waals surface area (Å²) in [4.78, 5) is 25.2. The minimum atomic E-state index is -0.727. The van der Waals surface area contributed by atoms with Crippen LogP contribution in [0.5, 0.6) is 11.5 Å². The number of rotatable bonds is 11. The van der Waals surface area contributed by atoms with E-state index in [0.29, 0.717) is 35.1 Å². The van der Waals surface area contributed by atoms with E-state index in [2.05, 4.69) is 15.8 Å². The minimum absolute atomic E-state index is 0.195. The zero-order chi connectivity index (χ0) is 23.5. The van der Waals surface area contributed by atoms with Gasteiger partial charge in [0.05, 0.1) is 19.9 Å². The van der Waals surface area contributed by atoms with Crippen molar-refractivity contribution in [2.75, 3.05) is 13.7 Å². The number of hydrazone groups is 1. The summed E-state index contributed by atoms with van der Waals surface area (Å²) in [5, 5.41) is 7.35. The summed E-state index contributed by atoms with van der Waals surface area (Å²) in [7, 11) is 1.57. The molecule has 7 nitrogen and oxygen atoms in total. The van der Waals surface area contributed by atoms with Crippen LogP contribution < -0.4 is 20.2 Å². The van der Waals surface area contributed by atoms with Crippen molar-refractivity contribution in [1.82, 2.24) is 10.7 Å². The van der Waals surface area contributed by atoms with Gasteiger partial charge in [0.1, 0.15) is 6.04 Å². The Morgan fingerprint density at radius 1 is 1.12 bits per heavy atom. The molecule has 2 aromatic carbocycles. The average Bonchev–Trinajstić information content (AvgIpc) is 2.77. The summed E-state index contributed by atoms with van der Waals surface area (Å²) in [6, 6.07) is 11.1. The van der Waals surface area contributed by atoms with Crippen LogP contribution in [0.3, 0.4) is 0 Å². The first-order valence-electron chi connectivity index (χ1n) is 10.5. The van der Waals surface area contributed by atoms with Crippen molar-refractivity contribution in [1.29, 1.82) is 0 Å². The Morgan fingerprint density at radius 2 is 1.84 bits per heavy atom. The number of halogens is 1. The molecule has 0 heterocycles. The molecule has 8 heteroatoms. The predicted octanol–water partition coefficient (Wildman–Crippen LogP) is 4.43. The molecular formula is C24H30ClN3O4. The van der Waals surface area contributed by atoms with Crippen molar-refractivity contribution in [3.8, 4) is 11.5 Å². The Morgan fingerprint density at radius 3 is 2.47 bits per heavy atom. The molecule has 1 unspecified atom stereocenters. The summed E-state index contributed by atoms with van der Waals surface area (Å²) >= 11 is 5.87. The van der Waals surface area contributed by atoms with Gasteiger partial charge < -0.3 is 14.8 Å². The van der Waals surface area contributed by atoms with Crippen LogP contribution in [0, 0.1) is 5.92 Å². The maximum Gasteiger partial charge on any atom is 0.262 e. The van der Waals surface area contributed by atoms with Crippen LogP contribution in [-0.4, -0.2) is 37.8 Å². The fourth-order valence-electron chi connectivity index (χ4n) is 2.89. The lowest BCUT2D eigenvalue weighted by Crippen LogP contribution is -2.46. The van der Waals surface area contributed by atoms with Gasteiger partial charge in [-0.15, -0.1) is 0 Å². The van der Waals surface area contributed by atoms with Crippen LogP contribution in [0.25, 0.3) is 0 Å². The fraction of sp³-hybridized carbons (Fsp3) is 0.375. The quantitative estimate of drug-likeness (QED) is 0.384. The topological polar surface area (TPSA) is 89.0 Å². The van der Waals surface area contributed by atoms with Gasteiger partial charge in [-0.05, 0) is 66.8 Å². The van der Waals surface area contributed by atoms with Crippen LogP contribution in [0.4, 0.5) is 0 Å². The van der Waals surface area contributed by atoms with Gasteiger partial charge in [-0.1, -0.05) is 32.4 Å². The molecule has 0 fully saturated rings. The third-order valence-corrected chi connectivity index (χ3v) is 4.73. The maximum absolute atomic E-state index is 12.7. The third kappa shape index (κ3) is 7.89. The molecule has 0 aromatic heterocycles. The van der Waals surface area contributed by atoms with Crippen molar-refractivity contribution < 1.29 is 19.1 Å². The summed E-state index contributed by atoms with van der Waals surface area (Å²) in [6.07, 6.45) is 2.87. The van der Waals surface area contributed by atoms with E-state index in [4.69, 9.17) is 21.1 Å². The first-order chi connectivity index (χ1) is 15.3. The molecule has 0 spiro atoms. The molecule has 2 rings (SSSR count). The van der Waals surface area contributed by atoms with Crippen LogP contribution in [0.1, 0.15) is 49.5 Å². The number of carbonyl (C=O) groups is 2. The Hall–Kier alpha value is -3.06. The van der Waals surface area contributed by atoms with E-state index in [0.717, 1.165) is 12.0 Å². The van der Waals surface area contributed by atoms with Crippen LogP contribution in [-0.2, 0) is 4.79 Å². The van der Waals surface area contributed by atoms with Crippen LogP contribution >= 0.6 is 11.6 Å². The minimum Gasteiger partial charge on any atom is -0.493 e. The fourth-order valence-corrected chi connectivity index (χ4v) is 3.02. The van der Waals surface area contributed by atoms with E-state index >= 15 is 0 Å². The van der Waals surface area contributed by atoms with E-state index in [1.807, 2.05) is 26.8 Å². The number of ether oxygens (including phenoxy) is 2. The van der Waals surface area contributed by atoms with Crippen LogP contribution in [0.2, 0.25) is 5.02 Å². The molecule has 32 heavy (non-hydrogen) atoms. The largest absolute Gasteiger partial charge is 0.493 e. The lowest BCUT2D eigenvalue weighted by molar-refractivity contribution is -0.123. The second kappa shape index (κ2) is 12.7. The molecule has 1 atom stereocenters. The summed E-state index contributed by atoms with van der Waals surface area (Å²) < 4.78 is 11.0. The molecule has 0 aliphatic rings. The smallest absolute Gasteiger partial charge is 0.262 e. The lowest BCUT2D eigenvalue weighted by atomic mass is 10.0. The Kier molecular flexibility index (Phi) is 10.0. The van der Waals surface area contributed by atoms with Crippen molar-refractivity contribution in [3.63, 3.8) is 0 Å². The van der Waals surface area contributed by atoms with Crippen LogP contribution in [0.15, 0.2) is 47.6 Å². The maximum atomic E-state index is 12.7. The number of nitrogens with one attached hydrogen (secondary N) is 2. The lowest BCUT2D eigenvalue weighted by Gasteiger charge is -2.19. The Balaban J connectivity index is 2.03. The predicted molar refractivity (Wildman–Crippen MR) is 127 cm³/mol. The molecule has 2 N–H and O–H groups in total. The summed E-state index contributed by atoms with van der Waals surface area (Å²) in [5.74, 6) is 0.685. The normalized spacial score (nSPS) is 11.9. The SMILES string of the molecule is CCCOc1ccc(/C=N/NC(=O)C(CC(C)C)NC(=O)c2ccc(Cl)cc2)cc1OC. The van der Waals surface area contributed by atoms with Gasteiger partial charge in [0.15, 0.2) is 11.5 Å².